The number of carbonyl (C=O) groups is 2. The van der Waals surface area contributed by atoms with Crippen molar-refractivity contribution < 1.29 is 28.6 Å². The van der Waals surface area contributed by atoms with Crippen molar-refractivity contribution >= 4 is 23.2 Å². The maximum Gasteiger partial charge on any atom is 0.231 e. The van der Waals surface area contributed by atoms with Crippen molar-refractivity contribution in [3.05, 3.63) is 59.2 Å². The third-order valence-corrected chi connectivity index (χ3v) is 18.5. The van der Waals surface area contributed by atoms with Crippen LogP contribution in [0.5, 0.6) is 0 Å². The summed E-state index contributed by atoms with van der Waals surface area (Å²) in [6, 6.07) is 13.2. The Morgan fingerprint density at radius 1 is 0.565 bits per heavy atom. The molecule has 328 valence electrons. The number of nitrogens with zero attached hydrogens (tertiary/aromatic N) is 6. The van der Waals surface area contributed by atoms with Gasteiger partial charge in [0, 0.05) is 50.3 Å². The van der Waals surface area contributed by atoms with Crippen LogP contribution in [0.3, 0.4) is 0 Å². The fourth-order valence-corrected chi connectivity index (χ4v) is 16.2. The average molecular weight is 847 g/mol. The quantitative estimate of drug-likeness (QED) is 0.339. The number of aliphatic hydroxyl groups is 2. The molecule has 4 aliphatic heterocycles. The molecular formula is C50H60F2N6O4. The van der Waals surface area contributed by atoms with Gasteiger partial charge in [0.25, 0.3) is 0 Å². The minimum absolute atomic E-state index is 0.0573. The van der Waals surface area contributed by atoms with E-state index in [0.29, 0.717) is 71.1 Å². The summed E-state index contributed by atoms with van der Waals surface area (Å²) >= 11 is 0. The smallest absolute Gasteiger partial charge is 0.231 e. The topological polar surface area (TPSA) is 135 Å². The molecular weight excluding hydrogens is 787 g/mol. The zero-order valence-electron chi connectivity index (χ0n) is 35.8. The maximum absolute atomic E-state index is 14.7. The van der Waals surface area contributed by atoms with Gasteiger partial charge in [-0.05, 0) is 175 Å². The Bertz CT molecular complexity index is 2070. The lowest BCUT2D eigenvalue weighted by Gasteiger charge is -2.61. The van der Waals surface area contributed by atoms with Crippen molar-refractivity contribution in [3.8, 4) is 12.1 Å². The number of benzene rings is 2. The Labute approximate surface area is 363 Å². The molecule has 0 radical (unpaired) electrons. The number of nitriles is 2. The number of halogens is 2. The summed E-state index contributed by atoms with van der Waals surface area (Å²) in [5.41, 5.74) is 0.669. The first kappa shape index (κ1) is 40.5. The van der Waals surface area contributed by atoms with Gasteiger partial charge < -0.3 is 29.8 Å². The number of anilines is 2. The number of piperidine rings is 2. The molecule has 6 atom stereocenters. The number of aliphatic hydroxyl groups excluding tert-OH is 2. The van der Waals surface area contributed by atoms with E-state index < -0.39 is 10.8 Å². The second-order valence-corrected chi connectivity index (χ2v) is 22.0. The van der Waals surface area contributed by atoms with Crippen LogP contribution in [-0.4, -0.2) is 94.4 Å². The van der Waals surface area contributed by atoms with E-state index in [-0.39, 0.29) is 46.7 Å². The summed E-state index contributed by atoms with van der Waals surface area (Å²) in [5.74, 6) is 2.49. The lowest BCUT2D eigenvalue weighted by molar-refractivity contribution is -0.168. The van der Waals surface area contributed by atoms with E-state index in [1.54, 1.807) is 24.3 Å². The molecule has 4 heterocycles. The minimum Gasteiger partial charge on any atom is -0.393 e. The highest BCUT2D eigenvalue weighted by atomic mass is 19.1. The van der Waals surface area contributed by atoms with Gasteiger partial charge in [-0.15, -0.1) is 0 Å². The number of hydrogen-bond acceptors (Lipinski definition) is 8. The van der Waals surface area contributed by atoms with Crippen molar-refractivity contribution in [1.29, 1.82) is 10.5 Å². The monoisotopic (exact) mass is 846 g/mol. The van der Waals surface area contributed by atoms with Gasteiger partial charge in [-0.25, -0.2) is 8.78 Å². The second kappa shape index (κ2) is 14.6. The molecule has 8 bridgehead atoms. The van der Waals surface area contributed by atoms with Gasteiger partial charge in [0.15, 0.2) is 0 Å². The molecule has 2 aromatic carbocycles. The molecule has 12 fully saturated rings. The number of likely N-dealkylation sites (tertiary alicyclic amines) is 2. The van der Waals surface area contributed by atoms with Gasteiger partial charge in [-0.1, -0.05) is 0 Å². The first-order chi connectivity index (χ1) is 29.9. The molecule has 2 spiro atoms. The molecule has 12 aliphatic rings. The van der Waals surface area contributed by atoms with Crippen LogP contribution in [0.25, 0.3) is 0 Å². The molecule has 4 unspecified atom stereocenters. The predicted octanol–water partition coefficient (Wildman–Crippen LogP) is 6.91. The zero-order chi connectivity index (χ0) is 42.8. The highest BCUT2D eigenvalue weighted by Gasteiger charge is 2.64. The van der Waals surface area contributed by atoms with E-state index >= 15 is 0 Å². The van der Waals surface area contributed by atoms with E-state index in [1.807, 2.05) is 21.9 Å². The number of amides is 2. The van der Waals surface area contributed by atoms with Crippen molar-refractivity contribution in [3.63, 3.8) is 0 Å². The van der Waals surface area contributed by atoms with Crippen LogP contribution < -0.4 is 9.80 Å². The van der Waals surface area contributed by atoms with E-state index in [1.165, 1.54) is 12.1 Å². The fraction of sp³-hybridized carbons (Fsp3) is 0.680. The van der Waals surface area contributed by atoms with Gasteiger partial charge in [-0.2, -0.15) is 10.5 Å². The van der Waals surface area contributed by atoms with Gasteiger partial charge in [-0.3, -0.25) is 9.59 Å². The molecule has 0 aromatic heterocycles. The summed E-state index contributed by atoms with van der Waals surface area (Å²) in [4.78, 5) is 36.3. The largest absolute Gasteiger partial charge is 0.393 e. The van der Waals surface area contributed by atoms with Crippen LogP contribution in [0.4, 0.5) is 20.2 Å². The van der Waals surface area contributed by atoms with Crippen LogP contribution in [0.2, 0.25) is 0 Å². The Kier molecular flexibility index (Phi) is 9.56. The summed E-state index contributed by atoms with van der Waals surface area (Å²) in [6.45, 7) is 4.18. The highest BCUT2D eigenvalue weighted by Crippen LogP contribution is 2.61. The summed E-state index contributed by atoms with van der Waals surface area (Å²) < 4.78 is 29.4. The third-order valence-electron chi connectivity index (χ3n) is 18.5. The molecule has 14 rings (SSSR count). The van der Waals surface area contributed by atoms with Crippen LogP contribution in [0.1, 0.15) is 114 Å². The molecule has 2 amide bonds. The molecule has 12 heteroatoms. The maximum atomic E-state index is 14.7. The average Bonchev–Trinajstić information content (AvgIpc) is 3.75. The van der Waals surface area contributed by atoms with Gasteiger partial charge in [0.05, 0.1) is 57.7 Å². The molecule has 2 N–H and O–H groups in total. The first-order valence-corrected chi connectivity index (χ1v) is 23.8. The van der Waals surface area contributed by atoms with Crippen LogP contribution >= 0.6 is 0 Å². The first-order valence-electron chi connectivity index (χ1n) is 23.8. The number of carbonyl (C=O) groups excluding carboxylic acids is 2. The highest BCUT2D eigenvalue weighted by molar-refractivity contribution is 5.87. The van der Waals surface area contributed by atoms with Crippen molar-refractivity contribution in [2.45, 2.75) is 126 Å². The molecule has 10 nitrogen and oxygen atoms in total. The van der Waals surface area contributed by atoms with E-state index in [4.69, 9.17) is 10.5 Å². The van der Waals surface area contributed by atoms with Crippen molar-refractivity contribution in [1.82, 2.24) is 9.80 Å². The van der Waals surface area contributed by atoms with Gasteiger partial charge in [0.2, 0.25) is 11.8 Å². The SMILES string of the molecule is N#Cc1ccc(N2CCC[C@@]3(CCN(C45CC6CC(C4)C(O)C(C6)C5)C3=O)C2)c(F)c1.N#Cc1ccc(N2CCC[C@@]3(CCN(C45CC6CC(C4)C(O)C(C6)C5)C3=O)C2)c(F)c1. The molecule has 8 aliphatic carbocycles. The Morgan fingerprint density at radius 3 is 1.31 bits per heavy atom. The van der Waals surface area contributed by atoms with E-state index in [0.717, 1.165) is 129 Å². The van der Waals surface area contributed by atoms with Crippen molar-refractivity contribution in [2.24, 2.45) is 46.3 Å². The minimum atomic E-state index is -0.430. The molecule has 62 heavy (non-hydrogen) atoms. The van der Waals surface area contributed by atoms with Gasteiger partial charge in [0.1, 0.15) is 11.6 Å². The predicted molar refractivity (Wildman–Crippen MR) is 227 cm³/mol. The zero-order valence-corrected chi connectivity index (χ0v) is 35.8. The fourth-order valence-electron chi connectivity index (χ4n) is 16.2. The van der Waals surface area contributed by atoms with Gasteiger partial charge >= 0.3 is 0 Å². The Morgan fingerprint density at radius 2 is 0.952 bits per heavy atom. The summed E-state index contributed by atoms with van der Waals surface area (Å²) in [6.07, 6.45) is 15.3. The summed E-state index contributed by atoms with van der Waals surface area (Å²) in [7, 11) is 0. The summed E-state index contributed by atoms with van der Waals surface area (Å²) in [5, 5.41) is 39.4. The van der Waals surface area contributed by atoms with Crippen LogP contribution in [0, 0.1) is 80.6 Å². The number of hydrogen-bond donors (Lipinski definition) is 2. The normalized spacial score (nSPS) is 41.3. The van der Waals surface area contributed by atoms with Crippen molar-refractivity contribution in [2.75, 3.05) is 49.1 Å². The van der Waals surface area contributed by atoms with Crippen LogP contribution in [-0.2, 0) is 9.59 Å². The number of rotatable bonds is 4. The standard InChI is InChI=1S/2C25H30FN3O2/c2*26-20-10-16(14-27)2-3-21(20)28-6-1-4-24(15-28)5-7-29(23(24)31)25-11-17-8-18(12-25)22(30)19(9-17)13-25/h2*2-3,10,17-19,22,30H,1,4-9,11-13,15H2/t2*17?,18?,19?,22?,24-,25?/m11/s1. The van der Waals surface area contributed by atoms with Crippen LogP contribution in [0.15, 0.2) is 36.4 Å². The Hall–Kier alpha value is -4.26. The van der Waals surface area contributed by atoms with E-state index in [2.05, 4.69) is 9.80 Å². The lowest BCUT2D eigenvalue weighted by atomic mass is 9.51. The second-order valence-electron chi connectivity index (χ2n) is 22.0. The molecule has 8 saturated carbocycles. The van der Waals surface area contributed by atoms with E-state index in [9.17, 15) is 28.6 Å². The Balaban J connectivity index is 0.000000139. The third kappa shape index (κ3) is 6.23. The molecule has 4 saturated heterocycles. The lowest BCUT2D eigenvalue weighted by Crippen LogP contribution is -2.65. The molecule has 2 aromatic rings.